The Morgan fingerprint density at radius 2 is 1.61 bits per heavy atom. The van der Waals surface area contributed by atoms with E-state index in [1.807, 2.05) is 11.8 Å². The lowest BCUT2D eigenvalue weighted by molar-refractivity contribution is -0.157. The first kappa shape index (κ1) is 15.0. The number of amides is 2. The van der Waals surface area contributed by atoms with Crippen LogP contribution in [-0.2, 0) is 9.59 Å². The van der Waals surface area contributed by atoms with E-state index in [0.29, 0.717) is 6.42 Å². The van der Waals surface area contributed by atoms with Crippen LogP contribution in [0.2, 0.25) is 0 Å². The maximum atomic E-state index is 12.5. The zero-order valence-corrected chi connectivity index (χ0v) is 12.2. The van der Waals surface area contributed by atoms with Crippen molar-refractivity contribution in [1.29, 1.82) is 0 Å². The second kappa shape index (κ2) is 5.72. The average molecular weight is 254 g/mol. The van der Waals surface area contributed by atoms with Gasteiger partial charge in [-0.1, -0.05) is 27.7 Å². The lowest BCUT2D eigenvalue weighted by atomic mass is 9.84. The van der Waals surface area contributed by atoms with Crippen molar-refractivity contribution < 1.29 is 9.59 Å². The van der Waals surface area contributed by atoms with Crippen LogP contribution < -0.4 is 5.32 Å². The van der Waals surface area contributed by atoms with Gasteiger partial charge in [-0.15, -0.1) is 0 Å². The molecule has 1 saturated heterocycles. The molecule has 1 heterocycles. The van der Waals surface area contributed by atoms with Gasteiger partial charge in [0.1, 0.15) is 12.1 Å². The Labute approximate surface area is 110 Å². The Bertz CT molecular complexity index is 315. The summed E-state index contributed by atoms with van der Waals surface area (Å²) >= 11 is 0. The third kappa shape index (κ3) is 2.25. The Kier molecular flexibility index (Phi) is 4.77. The molecule has 0 radical (unpaired) electrons. The summed E-state index contributed by atoms with van der Waals surface area (Å²) in [4.78, 5) is 26.4. The molecule has 0 saturated carbocycles. The molecule has 1 N–H and O–H groups in total. The smallest absolute Gasteiger partial charge is 0.246 e. The molecule has 0 aromatic heterocycles. The highest BCUT2D eigenvalue weighted by Gasteiger charge is 2.46. The van der Waals surface area contributed by atoms with Crippen molar-refractivity contribution in [3.8, 4) is 0 Å². The summed E-state index contributed by atoms with van der Waals surface area (Å²) < 4.78 is 0. The summed E-state index contributed by atoms with van der Waals surface area (Å²) in [6.07, 6.45) is 3.35. The molecule has 1 rings (SSSR count). The van der Waals surface area contributed by atoms with Crippen LogP contribution >= 0.6 is 0 Å². The Hall–Kier alpha value is -1.06. The van der Waals surface area contributed by atoms with Gasteiger partial charge in [-0.05, 0) is 32.6 Å². The fourth-order valence-corrected chi connectivity index (χ4v) is 3.04. The second-order valence-corrected chi connectivity index (χ2v) is 5.15. The molecule has 2 atom stereocenters. The topological polar surface area (TPSA) is 49.4 Å². The minimum atomic E-state index is -0.399. The van der Waals surface area contributed by atoms with Crippen molar-refractivity contribution in [2.45, 2.75) is 77.9 Å². The fraction of sp³-hybridized carbons (Fsp3) is 0.857. The molecule has 0 bridgehead atoms. The van der Waals surface area contributed by atoms with Crippen LogP contribution in [0.3, 0.4) is 0 Å². The van der Waals surface area contributed by atoms with E-state index in [4.69, 9.17) is 0 Å². The molecule has 4 heteroatoms. The molecule has 1 fully saturated rings. The molecule has 2 amide bonds. The van der Waals surface area contributed by atoms with Crippen LogP contribution in [0.4, 0.5) is 0 Å². The van der Waals surface area contributed by atoms with Crippen LogP contribution in [0.25, 0.3) is 0 Å². The van der Waals surface area contributed by atoms with Crippen molar-refractivity contribution >= 4 is 11.8 Å². The molecule has 0 aromatic rings. The molecule has 4 nitrogen and oxygen atoms in total. The van der Waals surface area contributed by atoms with Crippen LogP contribution in [0.1, 0.15) is 60.3 Å². The van der Waals surface area contributed by atoms with Crippen LogP contribution in [0.5, 0.6) is 0 Å². The molecule has 18 heavy (non-hydrogen) atoms. The van der Waals surface area contributed by atoms with Gasteiger partial charge in [-0.25, -0.2) is 0 Å². The van der Waals surface area contributed by atoms with E-state index >= 15 is 0 Å². The fourth-order valence-electron chi connectivity index (χ4n) is 3.04. The van der Waals surface area contributed by atoms with Gasteiger partial charge in [0.25, 0.3) is 0 Å². The molecule has 0 aliphatic carbocycles. The van der Waals surface area contributed by atoms with Crippen LogP contribution in [0, 0.1) is 0 Å². The number of piperazine rings is 1. The molecule has 0 spiro atoms. The first-order valence-corrected chi connectivity index (χ1v) is 7.10. The Balaban J connectivity index is 3.20. The summed E-state index contributed by atoms with van der Waals surface area (Å²) in [5.41, 5.74) is -0.177. The normalized spacial score (nSPS) is 25.3. The number of nitrogens with zero attached hydrogens (tertiary/aromatic N) is 1. The highest BCUT2D eigenvalue weighted by molar-refractivity contribution is 5.97. The minimum Gasteiger partial charge on any atom is -0.343 e. The van der Waals surface area contributed by atoms with E-state index in [1.165, 1.54) is 0 Å². The van der Waals surface area contributed by atoms with Gasteiger partial charge in [0.2, 0.25) is 11.8 Å². The molecule has 104 valence electrons. The third-order valence-corrected chi connectivity index (χ3v) is 4.45. The number of hydrogen-bond donors (Lipinski definition) is 1. The Morgan fingerprint density at radius 3 is 2.00 bits per heavy atom. The highest BCUT2D eigenvalue weighted by Crippen LogP contribution is 2.33. The maximum absolute atomic E-state index is 12.5. The van der Waals surface area contributed by atoms with Gasteiger partial charge >= 0.3 is 0 Å². The lowest BCUT2D eigenvalue weighted by Crippen LogP contribution is -2.68. The van der Waals surface area contributed by atoms with E-state index in [9.17, 15) is 9.59 Å². The number of carbonyl (C=O) groups excluding carboxylic acids is 2. The Morgan fingerprint density at radius 1 is 1.11 bits per heavy atom. The number of rotatable bonds is 5. The number of carbonyl (C=O) groups is 2. The van der Waals surface area contributed by atoms with Crippen LogP contribution in [-0.4, -0.2) is 34.3 Å². The summed E-state index contributed by atoms with van der Waals surface area (Å²) in [5, 5.41) is 2.77. The van der Waals surface area contributed by atoms with Gasteiger partial charge in [0, 0.05) is 5.54 Å². The molecule has 1 aliphatic rings. The predicted octanol–water partition coefficient (Wildman–Crippen LogP) is 2.08. The zero-order chi connectivity index (χ0) is 13.9. The van der Waals surface area contributed by atoms with Crippen molar-refractivity contribution in [1.82, 2.24) is 10.2 Å². The summed E-state index contributed by atoms with van der Waals surface area (Å²) in [6.45, 7) is 10.0. The first-order chi connectivity index (χ1) is 8.47. The molecule has 0 aromatic carbocycles. The van der Waals surface area contributed by atoms with Crippen molar-refractivity contribution in [3.05, 3.63) is 0 Å². The van der Waals surface area contributed by atoms with E-state index in [2.05, 4.69) is 26.1 Å². The standard InChI is InChI=1S/C14H26N2O2/c1-6-11-12(17)15-10(5)13(18)16(11)14(7-2,8-3)9-4/h10-11H,6-9H2,1-5H3,(H,15,17). The molecule has 1 aliphatic heterocycles. The van der Waals surface area contributed by atoms with E-state index in [-0.39, 0.29) is 23.4 Å². The minimum absolute atomic E-state index is 0.00988. The summed E-state index contributed by atoms with van der Waals surface area (Å²) in [7, 11) is 0. The van der Waals surface area contributed by atoms with Gasteiger partial charge in [-0.2, -0.15) is 0 Å². The van der Waals surface area contributed by atoms with Crippen LogP contribution in [0.15, 0.2) is 0 Å². The monoisotopic (exact) mass is 254 g/mol. The molecule has 2 unspecified atom stereocenters. The van der Waals surface area contributed by atoms with E-state index in [1.54, 1.807) is 6.92 Å². The van der Waals surface area contributed by atoms with Crippen molar-refractivity contribution in [3.63, 3.8) is 0 Å². The maximum Gasteiger partial charge on any atom is 0.246 e. The first-order valence-electron chi connectivity index (χ1n) is 7.10. The highest BCUT2D eigenvalue weighted by atomic mass is 16.2. The molecular weight excluding hydrogens is 228 g/mol. The van der Waals surface area contributed by atoms with Gasteiger partial charge in [-0.3, -0.25) is 9.59 Å². The third-order valence-electron chi connectivity index (χ3n) is 4.45. The lowest BCUT2D eigenvalue weighted by Gasteiger charge is -2.50. The van der Waals surface area contributed by atoms with Gasteiger partial charge < -0.3 is 10.2 Å². The summed E-state index contributed by atoms with van der Waals surface area (Å²) in [5.74, 6) is 0.0522. The number of nitrogens with one attached hydrogen (secondary N) is 1. The van der Waals surface area contributed by atoms with Gasteiger partial charge in [0.15, 0.2) is 0 Å². The van der Waals surface area contributed by atoms with Crippen molar-refractivity contribution in [2.24, 2.45) is 0 Å². The quantitative estimate of drug-likeness (QED) is 0.816. The predicted molar refractivity (Wildman–Crippen MR) is 72.1 cm³/mol. The van der Waals surface area contributed by atoms with E-state index < -0.39 is 6.04 Å². The van der Waals surface area contributed by atoms with Crippen molar-refractivity contribution in [2.75, 3.05) is 0 Å². The summed E-state index contributed by atoms with van der Waals surface area (Å²) in [6, 6.07) is -0.710. The molecular formula is C14H26N2O2. The number of hydrogen-bond acceptors (Lipinski definition) is 2. The van der Waals surface area contributed by atoms with E-state index in [0.717, 1.165) is 19.3 Å². The SMILES string of the molecule is CCC1C(=O)NC(C)C(=O)N1C(CC)(CC)CC. The largest absolute Gasteiger partial charge is 0.343 e. The van der Waals surface area contributed by atoms with Gasteiger partial charge in [0.05, 0.1) is 0 Å². The zero-order valence-electron chi connectivity index (χ0n) is 12.2. The average Bonchev–Trinajstić information content (AvgIpc) is 2.37. The second-order valence-electron chi connectivity index (χ2n) is 5.15.